The van der Waals surface area contributed by atoms with Crippen molar-refractivity contribution in [2.75, 3.05) is 39.6 Å². The minimum atomic E-state index is -4.96. The van der Waals surface area contributed by atoms with Gasteiger partial charge in [-0.25, -0.2) is 9.13 Å². The Morgan fingerprint density at radius 1 is 0.298 bits per heavy atom. The molecule has 0 amide bonds. The summed E-state index contributed by atoms with van der Waals surface area (Å²) in [6.07, 6.45) is 48.4. The molecule has 0 radical (unpaired) electrons. The van der Waals surface area contributed by atoms with Gasteiger partial charge in [-0.1, -0.05) is 325 Å². The van der Waals surface area contributed by atoms with Crippen molar-refractivity contribution in [3.05, 3.63) is 0 Å². The van der Waals surface area contributed by atoms with E-state index >= 15 is 0 Å². The summed E-state index contributed by atoms with van der Waals surface area (Å²) in [5, 5.41) is 10.6. The Balaban J connectivity index is 5.28. The van der Waals surface area contributed by atoms with Gasteiger partial charge in [-0.05, 0) is 49.4 Å². The second-order valence-corrected chi connectivity index (χ2v) is 31.4. The smallest absolute Gasteiger partial charge is 0.462 e. The number of hydrogen-bond donors (Lipinski definition) is 3. The summed E-state index contributed by atoms with van der Waals surface area (Å²) in [5.74, 6) is 0.983. The van der Waals surface area contributed by atoms with E-state index in [1.54, 1.807) is 0 Å². The van der Waals surface area contributed by atoms with E-state index in [4.69, 9.17) is 37.0 Å². The van der Waals surface area contributed by atoms with Crippen LogP contribution < -0.4 is 0 Å². The first kappa shape index (κ1) is 92.1. The first-order valence-electron chi connectivity index (χ1n) is 38.8. The van der Waals surface area contributed by atoms with Crippen LogP contribution >= 0.6 is 15.6 Å². The Kier molecular flexibility index (Phi) is 63.1. The van der Waals surface area contributed by atoms with Gasteiger partial charge >= 0.3 is 39.5 Å². The summed E-state index contributed by atoms with van der Waals surface area (Å²) in [7, 11) is -9.91. The minimum absolute atomic E-state index is 0.104. The van der Waals surface area contributed by atoms with Crippen LogP contribution in [-0.2, 0) is 65.4 Å². The molecule has 0 aromatic heterocycles. The van der Waals surface area contributed by atoms with Gasteiger partial charge in [-0.15, -0.1) is 0 Å². The van der Waals surface area contributed by atoms with Crippen LogP contribution in [0.3, 0.4) is 0 Å². The summed E-state index contributed by atoms with van der Waals surface area (Å²) >= 11 is 0. The van der Waals surface area contributed by atoms with E-state index in [-0.39, 0.29) is 25.7 Å². The molecule has 0 saturated carbocycles. The van der Waals surface area contributed by atoms with Gasteiger partial charge in [0.1, 0.15) is 19.3 Å². The third kappa shape index (κ3) is 66.0. The van der Waals surface area contributed by atoms with Crippen LogP contribution in [0.25, 0.3) is 0 Å². The van der Waals surface area contributed by atoms with Gasteiger partial charge in [0.2, 0.25) is 0 Å². The van der Waals surface area contributed by atoms with Crippen molar-refractivity contribution in [2.24, 2.45) is 23.7 Å². The highest BCUT2D eigenvalue weighted by Crippen LogP contribution is 2.45. The first-order chi connectivity index (χ1) is 45.2. The van der Waals surface area contributed by atoms with Crippen LogP contribution in [0.5, 0.6) is 0 Å². The van der Waals surface area contributed by atoms with Crippen molar-refractivity contribution in [3.63, 3.8) is 0 Å². The van der Waals surface area contributed by atoms with Gasteiger partial charge in [0.25, 0.3) is 0 Å². The highest BCUT2D eigenvalue weighted by molar-refractivity contribution is 7.47. The Morgan fingerprint density at radius 2 is 0.511 bits per heavy atom. The quantitative estimate of drug-likeness (QED) is 0.0222. The maximum absolute atomic E-state index is 13.1. The number of unbranched alkanes of at least 4 members (excludes halogenated alkanes) is 36. The summed E-state index contributed by atoms with van der Waals surface area (Å²) in [6.45, 7) is 14.2. The summed E-state index contributed by atoms with van der Waals surface area (Å²) in [5.41, 5.74) is 0. The molecule has 19 heteroatoms. The van der Waals surface area contributed by atoms with Crippen LogP contribution in [0.2, 0.25) is 0 Å². The summed E-state index contributed by atoms with van der Waals surface area (Å²) < 4.78 is 68.5. The van der Waals surface area contributed by atoms with Crippen molar-refractivity contribution >= 4 is 39.5 Å². The largest absolute Gasteiger partial charge is 0.472 e. The van der Waals surface area contributed by atoms with Gasteiger partial charge in [0, 0.05) is 25.7 Å². The van der Waals surface area contributed by atoms with Crippen LogP contribution in [0.1, 0.15) is 376 Å². The molecule has 558 valence electrons. The number of aliphatic hydroxyl groups excluding tert-OH is 1. The molecule has 0 aromatic carbocycles. The third-order valence-corrected chi connectivity index (χ3v) is 19.9. The molecule has 17 nitrogen and oxygen atoms in total. The number of hydrogen-bond acceptors (Lipinski definition) is 15. The number of carbonyl (C=O) groups excluding carboxylic acids is 4. The van der Waals surface area contributed by atoms with Crippen molar-refractivity contribution < 1.29 is 80.2 Å². The zero-order chi connectivity index (χ0) is 69.6. The second-order valence-electron chi connectivity index (χ2n) is 28.5. The molecule has 0 heterocycles. The monoisotopic (exact) mass is 1380 g/mol. The fourth-order valence-electron chi connectivity index (χ4n) is 11.3. The number of ether oxygens (including phenoxy) is 4. The molecule has 0 aliphatic carbocycles. The van der Waals surface area contributed by atoms with Gasteiger partial charge < -0.3 is 33.8 Å². The number of phosphoric ester groups is 2. The van der Waals surface area contributed by atoms with E-state index < -0.39 is 97.5 Å². The fourth-order valence-corrected chi connectivity index (χ4v) is 12.9. The molecule has 3 N–H and O–H groups in total. The highest BCUT2D eigenvalue weighted by Gasteiger charge is 2.30. The second kappa shape index (κ2) is 64.4. The normalized spacial score (nSPS) is 14.7. The number of carbonyl (C=O) groups is 4. The first-order valence-corrected chi connectivity index (χ1v) is 41.8. The maximum Gasteiger partial charge on any atom is 0.472 e. The minimum Gasteiger partial charge on any atom is -0.462 e. The van der Waals surface area contributed by atoms with Gasteiger partial charge in [0.15, 0.2) is 12.2 Å². The number of rotatable bonds is 72. The van der Waals surface area contributed by atoms with Crippen molar-refractivity contribution in [3.8, 4) is 0 Å². The summed E-state index contributed by atoms with van der Waals surface area (Å²) in [4.78, 5) is 72.8. The molecule has 4 unspecified atom stereocenters. The molecule has 0 aromatic rings. The van der Waals surface area contributed by atoms with E-state index in [0.717, 1.165) is 114 Å². The van der Waals surface area contributed by atoms with E-state index in [1.807, 2.05) is 0 Å². The predicted octanol–water partition coefficient (Wildman–Crippen LogP) is 21.7. The molecular weight excluding hydrogens is 1230 g/mol. The van der Waals surface area contributed by atoms with Gasteiger partial charge in [-0.2, -0.15) is 0 Å². The average Bonchev–Trinajstić information content (AvgIpc) is 1.63. The van der Waals surface area contributed by atoms with Crippen LogP contribution in [0.4, 0.5) is 0 Å². The van der Waals surface area contributed by atoms with Crippen LogP contribution in [0.15, 0.2) is 0 Å². The zero-order valence-corrected chi connectivity index (χ0v) is 63.4. The molecule has 94 heavy (non-hydrogen) atoms. The molecule has 0 fully saturated rings. The van der Waals surface area contributed by atoms with Crippen molar-refractivity contribution in [1.82, 2.24) is 0 Å². The molecule has 0 spiro atoms. The lowest BCUT2D eigenvalue weighted by Crippen LogP contribution is -2.30. The molecule has 0 saturated heterocycles. The van der Waals surface area contributed by atoms with E-state index in [9.17, 15) is 43.2 Å². The van der Waals surface area contributed by atoms with E-state index in [0.29, 0.717) is 25.7 Å². The summed E-state index contributed by atoms with van der Waals surface area (Å²) in [6, 6.07) is 0. The Labute approximate surface area is 575 Å². The molecule has 0 rings (SSSR count). The zero-order valence-electron chi connectivity index (χ0n) is 61.6. The SMILES string of the molecule is CCC(C)CCCCCCCCCCC(=O)OC[C@H](COP(=O)(O)OC[C@H](O)COP(=O)(O)OC[C@@H](COC(=O)CCCCCCCCCCCCCCC(C)C)OC(=O)CCCCCCCCCCCCCCC(C)C)OC(=O)CCCCCCCCCCC(C)CC. The Bertz CT molecular complexity index is 1850. The van der Waals surface area contributed by atoms with E-state index in [1.165, 1.54) is 180 Å². The lowest BCUT2D eigenvalue weighted by Gasteiger charge is -2.21. The molecule has 0 aliphatic heterocycles. The van der Waals surface area contributed by atoms with E-state index in [2.05, 4.69) is 55.4 Å². The molecular formula is C75H146O17P2. The van der Waals surface area contributed by atoms with Gasteiger partial charge in [0.05, 0.1) is 26.4 Å². The number of phosphoric acid groups is 2. The topological polar surface area (TPSA) is 237 Å². The Hall–Kier alpha value is -1.94. The lowest BCUT2D eigenvalue weighted by atomic mass is 9.99. The number of aliphatic hydroxyl groups is 1. The standard InChI is InChI=1S/C75H146O17P2/c1-9-67(7)53-45-37-29-23-25-32-40-48-56-73(78)86-62-71(92-75(80)58-50-42-34-26-24-30-38-46-54-68(8)10-2)64-90-94(83,84)88-60-69(76)59-87-93(81,82)89-63-70(91-74(79)57-49-41-33-22-18-14-12-16-20-28-36-44-52-66(5)6)61-85-72(77)55-47-39-31-21-17-13-11-15-19-27-35-43-51-65(3)4/h65-71,76H,9-64H2,1-8H3,(H,81,82)(H,83,84)/t67?,68?,69-,70-,71-/m1/s1. The predicted molar refractivity (Wildman–Crippen MR) is 381 cm³/mol. The Morgan fingerprint density at radius 3 is 0.755 bits per heavy atom. The van der Waals surface area contributed by atoms with Crippen molar-refractivity contribution in [2.45, 2.75) is 395 Å². The average molecular weight is 1380 g/mol. The lowest BCUT2D eigenvalue weighted by molar-refractivity contribution is -0.161. The molecule has 0 aliphatic rings. The van der Waals surface area contributed by atoms with Crippen molar-refractivity contribution in [1.29, 1.82) is 0 Å². The van der Waals surface area contributed by atoms with Gasteiger partial charge in [-0.3, -0.25) is 37.3 Å². The maximum atomic E-state index is 13.1. The third-order valence-electron chi connectivity index (χ3n) is 18.0. The van der Waals surface area contributed by atoms with Crippen LogP contribution in [-0.4, -0.2) is 96.7 Å². The fraction of sp³-hybridized carbons (Fsp3) is 0.947. The number of esters is 4. The molecule has 7 atom stereocenters. The molecule has 0 bridgehead atoms. The van der Waals surface area contributed by atoms with Crippen LogP contribution in [0, 0.1) is 23.7 Å². The highest BCUT2D eigenvalue weighted by atomic mass is 31.2.